The fourth-order valence-electron chi connectivity index (χ4n) is 3.45. The number of fused-ring (bicyclic) bond motifs is 3. The molecule has 1 aromatic carbocycles. The average Bonchev–Trinajstić information content (AvgIpc) is 3.07. The van der Waals surface area contributed by atoms with Crippen LogP contribution in [-0.2, 0) is 19.3 Å². The van der Waals surface area contributed by atoms with Gasteiger partial charge in [0.25, 0.3) is 0 Å². The molecule has 23 heavy (non-hydrogen) atoms. The van der Waals surface area contributed by atoms with E-state index in [9.17, 15) is 5.26 Å². The number of hydrogen-bond acceptors (Lipinski definition) is 3. The molecule has 0 unspecified atom stereocenters. The molecular formula is C19H19N3S. The monoisotopic (exact) mass is 321 g/mol. The van der Waals surface area contributed by atoms with Gasteiger partial charge >= 0.3 is 0 Å². The smallest absolute Gasteiger partial charge is 0.194 e. The zero-order chi connectivity index (χ0) is 16.0. The maximum atomic E-state index is 9.32. The van der Waals surface area contributed by atoms with E-state index in [2.05, 4.69) is 42.5 Å². The van der Waals surface area contributed by atoms with Crippen LogP contribution in [0.15, 0.2) is 18.2 Å². The molecule has 1 aliphatic carbocycles. The van der Waals surface area contributed by atoms with Gasteiger partial charge in [0, 0.05) is 16.1 Å². The zero-order valence-electron chi connectivity index (χ0n) is 13.5. The summed E-state index contributed by atoms with van der Waals surface area (Å²) in [7, 11) is 0. The quantitative estimate of drug-likeness (QED) is 0.691. The van der Waals surface area contributed by atoms with Crippen molar-refractivity contribution >= 4 is 16.3 Å². The van der Waals surface area contributed by atoms with Crippen LogP contribution in [0.2, 0.25) is 0 Å². The molecule has 0 aliphatic heterocycles. The highest BCUT2D eigenvalue weighted by Crippen LogP contribution is 2.35. The SMILES string of the molecule is Cc1ccc(-c2nc3sc4c(n3c2CC#N)CCCC4)cc1C. The van der Waals surface area contributed by atoms with Gasteiger partial charge in [-0.05, 0) is 56.7 Å². The van der Waals surface area contributed by atoms with E-state index in [-0.39, 0.29) is 0 Å². The molecule has 116 valence electrons. The molecule has 2 aromatic heterocycles. The molecule has 0 saturated heterocycles. The lowest BCUT2D eigenvalue weighted by molar-refractivity contribution is 0.671. The molecule has 0 radical (unpaired) electrons. The van der Waals surface area contributed by atoms with E-state index in [1.165, 1.54) is 34.5 Å². The lowest BCUT2D eigenvalue weighted by atomic mass is 10.0. The minimum atomic E-state index is 0.409. The number of benzene rings is 1. The third-order valence-electron chi connectivity index (χ3n) is 4.84. The van der Waals surface area contributed by atoms with Gasteiger partial charge in [-0.15, -0.1) is 11.3 Å². The molecule has 1 aliphatic rings. The van der Waals surface area contributed by atoms with Crippen LogP contribution in [0.1, 0.15) is 40.2 Å². The second-order valence-corrected chi connectivity index (χ2v) is 7.40. The van der Waals surface area contributed by atoms with Gasteiger partial charge in [0.2, 0.25) is 0 Å². The van der Waals surface area contributed by atoms with E-state index >= 15 is 0 Å². The summed E-state index contributed by atoms with van der Waals surface area (Å²) < 4.78 is 2.27. The first-order valence-electron chi connectivity index (χ1n) is 8.15. The molecule has 0 spiro atoms. The van der Waals surface area contributed by atoms with Gasteiger partial charge in [0.05, 0.1) is 23.9 Å². The van der Waals surface area contributed by atoms with E-state index in [4.69, 9.17) is 4.98 Å². The number of aryl methyl sites for hydroxylation is 4. The van der Waals surface area contributed by atoms with Crippen LogP contribution in [0, 0.1) is 25.2 Å². The van der Waals surface area contributed by atoms with Crippen molar-refractivity contribution < 1.29 is 0 Å². The van der Waals surface area contributed by atoms with Crippen molar-refractivity contribution in [3.63, 3.8) is 0 Å². The first-order valence-corrected chi connectivity index (χ1v) is 8.97. The fourth-order valence-corrected chi connectivity index (χ4v) is 4.68. The van der Waals surface area contributed by atoms with Gasteiger partial charge in [0.15, 0.2) is 4.96 Å². The summed E-state index contributed by atoms with van der Waals surface area (Å²) in [5.41, 5.74) is 7.11. The number of rotatable bonds is 2. The summed E-state index contributed by atoms with van der Waals surface area (Å²) in [5.74, 6) is 0. The third-order valence-corrected chi connectivity index (χ3v) is 5.99. The van der Waals surface area contributed by atoms with Crippen molar-refractivity contribution in [2.24, 2.45) is 0 Å². The Bertz CT molecular complexity index is 940. The molecule has 2 heterocycles. The van der Waals surface area contributed by atoms with E-state index in [1.54, 1.807) is 11.3 Å². The molecule has 4 heteroatoms. The fraction of sp³-hybridized carbons (Fsp3) is 0.368. The summed E-state index contributed by atoms with van der Waals surface area (Å²) in [6.45, 7) is 4.25. The lowest BCUT2D eigenvalue weighted by Crippen LogP contribution is -2.05. The number of nitrogens with zero attached hydrogens (tertiary/aromatic N) is 3. The lowest BCUT2D eigenvalue weighted by Gasteiger charge is -2.12. The van der Waals surface area contributed by atoms with Crippen LogP contribution in [0.4, 0.5) is 0 Å². The Morgan fingerprint density at radius 2 is 2.04 bits per heavy atom. The van der Waals surface area contributed by atoms with Crippen LogP contribution in [0.3, 0.4) is 0 Å². The second-order valence-electron chi connectivity index (χ2n) is 6.34. The molecule has 4 rings (SSSR count). The van der Waals surface area contributed by atoms with Crippen molar-refractivity contribution in [3.8, 4) is 17.3 Å². The highest BCUT2D eigenvalue weighted by molar-refractivity contribution is 7.17. The van der Waals surface area contributed by atoms with Gasteiger partial charge in [0.1, 0.15) is 0 Å². The van der Waals surface area contributed by atoms with Gasteiger partial charge in [-0.2, -0.15) is 5.26 Å². The molecule has 0 bridgehead atoms. The Hall–Kier alpha value is -2.12. The molecule has 0 N–H and O–H groups in total. The van der Waals surface area contributed by atoms with Gasteiger partial charge < -0.3 is 0 Å². The Balaban J connectivity index is 1.96. The van der Waals surface area contributed by atoms with Gasteiger partial charge in [-0.3, -0.25) is 4.40 Å². The van der Waals surface area contributed by atoms with Gasteiger partial charge in [-0.25, -0.2) is 4.98 Å². The molecule has 0 fully saturated rings. The largest absolute Gasteiger partial charge is 0.290 e. The summed E-state index contributed by atoms with van der Waals surface area (Å²) in [6.07, 6.45) is 5.19. The van der Waals surface area contributed by atoms with Crippen molar-refractivity contribution in [1.82, 2.24) is 9.38 Å². The van der Waals surface area contributed by atoms with Crippen LogP contribution in [0.5, 0.6) is 0 Å². The maximum absolute atomic E-state index is 9.32. The number of imidazole rings is 1. The molecule has 3 nitrogen and oxygen atoms in total. The van der Waals surface area contributed by atoms with E-state index in [0.29, 0.717) is 6.42 Å². The predicted molar refractivity (Wildman–Crippen MR) is 93.9 cm³/mol. The van der Waals surface area contributed by atoms with Crippen LogP contribution < -0.4 is 0 Å². The molecular weight excluding hydrogens is 302 g/mol. The summed E-state index contributed by atoms with van der Waals surface area (Å²) in [6, 6.07) is 8.80. The van der Waals surface area contributed by atoms with Crippen LogP contribution in [0.25, 0.3) is 16.2 Å². The van der Waals surface area contributed by atoms with E-state index in [0.717, 1.165) is 34.8 Å². The minimum Gasteiger partial charge on any atom is -0.290 e. The average molecular weight is 321 g/mol. The molecule has 0 atom stereocenters. The zero-order valence-corrected chi connectivity index (χ0v) is 14.3. The van der Waals surface area contributed by atoms with E-state index < -0.39 is 0 Å². The second kappa shape index (κ2) is 5.50. The number of nitriles is 1. The van der Waals surface area contributed by atoms with Crippen LogP contribution in [-0.4, -0.2) is 9.38 Å². The third kappa shape index (κ3) is 2.27. The predicted octanol–water partition coefficient (Wildman–Crippen LogP) is 4.62. The Labute approximate surface area is 140 Å². The Morgan fingerprint density at radius 3 is 2.83 bits per heavy atom. The van der Waals surface area contributed by atoms with Crippen molar-refractivity contribution in [2.45, 2.75) is 46.0 Å². The maximum Gasteiger partial charge on any atom is 0.194 e. The first-order chi connectivity index (χ1) is 11.2. The minimum absolute atomic E-state index is 0.409. The Morgan fingerprint density at radius 1 is 1.22 bits per heavy atom. The normalized spacial score (nSPS) is 14.0. The van der Waals surface area contributed by atoms with Crippen molar-refractivity contribution in [2.75, 3.05) is 0 Å². The van der Waals surface area contributed by atoms with Gasteiger partial charge in [-0.1, -0.05) is 12.1 Å². The Kier molecular flexibility index (Phi) is 3.46. The van der Waals surface area contributed by atoms with Crippen molar-refractivity contribution in [1.29, 1.82) is 5.26 Å². The topological polar surface area (TPSA) is 41.1 Å². The highest BCUT2D eigenvalue weighted by atomic mass is 32.1. The van der Waals surface area contributed by atoms with Crippen LogP contribution >= 0.6 is 11.3 Å². The number of thiazole rings is 1. The molecule has 0 saturated carbocycles. The summed E-state index contributed by atoms with van der Waals surface area (Å²) in [5, 5.41) is 9.32. The molecule has 0 amide bonds. The standard InChI is InChI=1S/C19H19N3S/c1-12-7-8-14(11-13(12)2)18-16(9-10-20)22-15-5-3-4-6-17(15)23-19(22)21-18/h7-8,11H,3-6,9H2,1-2H3. The first kappa shape index (κ1) is 14.5. The highest BCUT2D eigenvalue weighted by Gasteiger charge is 2.23. The van der Waals surface area contributed by atoms with Crippen molar-refractivity contribution in [3.05, 3.63) is 45.6 Å². The number of aromatic nitrogens is 2. The summed E-state index contributed by atoms with van der Waals surface area (Å²) in [4.78, 5) is 7.42. The van der Waals surface area contributed by atoms with E-state index in [1.807, 2.05) is 0 Å². The summed E-state index contributed by atoms with van der Waals surface area (Å²) >= 11 is 1.81. The number of hydrogen-bond donors (Lipinski definition) is 0. The molecule has 3 aromatic rings.